The Hall–Kier alpha value is -3.81. The summed E-state index contributed by atoms with van der Waals surface area (Å²) in [5.41, 5.74) is 2.54. The summed E-state index contributed by atoms with van der Waals surface area (Å²) in [5.74, 6) is -1.62. The van der Waals surface area contributed by atoms with E-state index < -0.39 is 30.1 Å². The molecular weight excluding hydrogens is 422 g/mol. The van der Waals surface area contributed by atoms with Crippen molar-refractivity contribution >= 4 is 28.9 Å². The van der Waals surface area contributed by atoms with Crippen molar-refractivity contribution in [1.29, 1.82) is 0 Å². The molecule has 3 rings (SSSR count). The first kappa shape index (κ1) is 23.8. The second-order valence-electron chi connectivity index (χ2n) is 8.35. The van der Waals surface area contributed by atoms with Gasteiger partial charge < -0.3 is 25.5 Å². The van der Waals surface area contributed by atoms with Crippen LogP contribution in [0.15, 0.2) is 60.8 Å². The number of carboxylic acids is 1. The van der Waals surface area contributed by atoms with Crippen LogP contribution < -0.4 is 10.6 Å². The number of alkyl carbamates (subject to hydrolysis) is 1. The van der Waals surface area contributed by atoms with Crippen molar-refractivity contribution in [3.63, 3.8) is 0 Å². The minimum atomic E-state index is -1.12. The molecule has 0 saturated carbocycles. The lowest BCUT2D eigenvalue weighted by Gasteiger charge is -2.22. The molecular formula is C25H29N3O5. The van der Waals surface area contributed by atoms with Gasteiger partial charge in [-0.25, -0.2) is 9.59 Å². The Morgan fingerprint density at radius 3 is 2.36 bits per heavy atom. The number of aliphatic carboxylic acids is 1. The molecule has 0 spiro atoms. The molecule has 1 heterocycles. The molecule has 174 valence electrons. The Kier molecular flexibility index (Phi) is 8.07. The molecule has 33 heavy (non-hydrogen) atoms. The van der Waals surface area contributed by atoms with E-state index in [2.05, 4.69) is 15.6 Å². The molecule has 0 aliphatic heterocycles. The number of carbonyl (C=O) groups excluding carboxylic acids is 2. The number of amides is 2. The summed E-state index contributed by atoms with van der Waals surface area (Å²) in [7, 11) is 0. The SMILES string of the molecule is CC(C)C[C@@H](NC(=O)[C@@H](Cc1c[nH]c2ccccc12)NC(=O)OCc1ccccc1)C(=O)O. The zero-order valence-corrected chi connectivity index (χ0v) is 18.7. The van der Waals surface area contributed by atoms with Gasteiger partial charge in [0.2, 0.25) is 5.91 Å². The summed E-state index contributed by atoms with van der Waals surface area (Å²) >= 11 is 0. The predicted molar refractivity (Wildman–Crippen MR) is 125 cm³/mol. The number of ether oxygens (including phenoxy) is 1. The van der Waals surface area contributed by atoms with Crippen LogP contribution in [0.25, 0.3) is 10.9 Å². The lowest BCUT2D eigenvalue weighted by molar-refractivity contribution is -0.142. The number of hydrogen-bond acceptors (Lipinski definition) is 4. The topological polar surface area (TPSA) is 121 Å². The molecule has 0 bridgehead atoms. The van der Waals surface area contributed by atoms with Crippen molar-refractivity contribution < 1.29 is 24.2 Å². The van der Waals surface area contributed by atoms with E-state index in [0.29, 0.717) is 0 Å². The third-order valence-electron chi connectivity index (χ3n) is 5.24. The second-order valence-corrected chi connectivity index (χ2v) is 8.35. The standard InChI is InChI=1S/C25H29N3O5/c1-16(2)12-22(24(30)31)27-23(29)21(13-18-14-26-20-11-7-6-10-19(18)20)28-25(32)33-15-17-8-4-3-5-9-17/h3-11,14,16,21-22,26H,12-13,15H2,1-2H3,(H,27,29)(H,28,32)(H,30,31)/t21-,22-/m1/s1. The number of rotatable bonds is 10. The highest BCUT2D eigenvalue weighted by Gasteiger charge is 2.28. The van der Waals surface area contributed by atoms with E-state index >= 15 is 0 Å². The monoisotopic (exact) mass is 451 g/mol. The fourth-order valence-electron chi connectivity index (χ4n) is 3.60. The molecule has 1 aromatic heterocycles. The van der Waals surface area contributed by atoms with Gasteiger partial charge in [-0.1, -0.05) is 62.4 Å². The Balaban J connectivity index is 1.75. The highest BCUT2D eigenvalue weighted by molar-refractivity contribution is 5.90. The van der Waals surface area contributed by atoms with Crippen LogP contribution in [0, 0.1) is 5.92 Å². The van der Waals surface area contributed by atoms with Gasteiger partial charge in [-0.15, -0.1) is 0 Å². The van der Waals surface area contributed by atoms with E-state index in [9.17, 15) is 19.5 Å². The van der Waals surface area contributed by atoms with Crippen LogP contribution >= 0.6 is 0 Å². The van der Waals surface area contributed by atoms with Gasteiger partial charge in [0.25, 0.3) is 0 Å². The van der Waals surface area contributed by atoms with Crippen molar-refractivity contribution in [2.75, 3.05) is 0 Å². The van der Waals surface area contributed by atoms with E-state index in [1.54, 1.807) is 6.20 Å². The van der Waals surface area contributed by atoms with Gasteiger partial charge in [-0.3, -0.25) is 4.79 Å². The van der Waals surface area contributed by atoms with Crippen molar-refractivity contribution in [3.8, 4) is 0 Å². The molecule has 2 aromatic carbocycles. The number of aromatic nitrogens is 1. The van der Waals surface area contributed by atoms with Crippen LogP contribution in [0.5, 0.6) is 0 Å². The second kappa shape index (κ2) is 11.2. The Labute approximate surface area is 192 Å². The fraction of sp³-hybridized carbons (Fsp3) is 0.320. The first-order valence-corrected chi connectivity index (χ1v) is 10.9. The molecule has 8 heteroatoms. The number of carbonyl (C=O) groups is 3. The van der Waals surface area contributed by atoms with Crippen molar-refractivity contribution in [2.45, 2.75) is 45.4 Å². The van der Waals surface area contributed by atoms with Crippen LogP contribution in [0.3, 0.4) is 0 Å². The number of carboxylic acid groups (broad SMARTS) is 1. The third kappa shape index (κ3) is 6.83. The van der Waals surface area contributed by atoms with Crippen molar-refractivity contribution in [2.24, 2.45) is 5.92 Å². The van der Waals surface area contributed by atoms with Gasteiger partial charge in [0.1, 0.15) is 18.7 Å². The molecule has 0 aliphatic carbocycles. The quantitative estimate of drug-likeness (QED) is 0.375. The molecule has 0 unspecified atom stereocenters. The molecule has 0 fully saturated rings. The van der Waals surface area contributed by atoms with Crippen LogP contribution in [-0.4, -0.2) is 40.1 Å². The summed E-state index contributed by atoms with van der Waals surface area (Å²) in [6.07, 6.45) is 1.48. The average molecular weight is 452 g/mol. The van der Waals surface area contributed by atoms with Crippen molar-refractivity contribution in [3.05, 3.63) is 71.9 Å². The Morgan fingerprint density at radius 2 is 1.67 bits per heavy atom. The minimum absolute atomic E-state index is 0.0548. The first-order chi connectivity index (χ1) is 15.8. The molecule has 2 atom stereocenters. The van der Waals surface area contributed by atoms with Crippen molar-refractivity contribution in [1.82, 2.24) is 15.6 Å². The first-order valence-electron chi connectivity index (χ1n) is 10.9. The summed E-state index contributed by atoms with van der Waals surface area (Å²) in [6, 6.07) is 14.7. The third-order valence-corrected chi connectivity index (χ3v) is 5.24. The maximum absolute atomic E-state index is 13.1. The molecule has 8 nitrogen and oxygen atoms in total. The smallest absolute Gasteiger partial charge is 0.408 e. The van der Waals surface area contributed by atoms with Gasteiger partial charge in [-0.2, -0.15) is 0 Å². The summed E-state index contributed by atoms with van der Waals surface area (Å²) in [6.45, 7) is 3.81. The maximum Gasteiger partial charge on any atom is 0.408 e. The summed E-state index contributed by atoms with van der Waals surface area (Å²) in [4.78, 5) is 40.3. The summed E-state index contributed by atoms with van der Waals surface area (Å²) in [5, 5.41) is 15.6. The van der Waals surface area contributed by atoms with E-state index in [0.717, 1.165) is 22.0 Å². The maximum atomic E-state index is 13.1. The number of benzene rings is 2. The molecule has 0 aliphatic rings. The number of hydrogen-bond donors (Lipinski definition) is 4. The van der Waals surface area contributed by atoms with E-state index in [-0.39, 0.29) is 25.4 Å². The van der Waals surface area contributed by atoms with E-state index in [4.69, 9.17) is 4.74 Å². The normalized spacial score (nSPS) is 12.8. The summed E-state index contributed by atoms with van der Waals surface area (Å²) < 4.78 is 5.28. The zero-order valence-electron chi connectivity index (χ0n) is 18.7. The molecule has 3 aromatic rings. The lowest BCUT2D eigenvalue weighted by atomic mass is 10.0. The zero-order chi connectivity index (χ0) is 23.8. The van der Waals surface area contributed by atoms with Crippen LogP contribution in [0.2, 0.25) is 0 Å². The van der Waals surface area contributed by atoms with Gasteiger partial charge in [-0.05, 0) is 29.5 Å². The van der Waals surface area contributed by atoms with Gasteiger partial charge in [0.05, 0.1) is 0 Å². The van der Waals surface area contributed by atoms with Crippen LogP contribution in [0.4, 0.5) is 4.79 Å². The predicted octanol–water partition coefficient (Wildman–Crippen LogP) is 3.62. The largest absolute Gasteiger partial charge is 0.480 e. The molecule has 0 saturated heterocycles. The molecule has 4 N–H and O–H groups in total. The van der Waals surface area contributed by atoms with Crippen LogP contribution in [0.1, 0.15) is 31.4 Å². The van der Waals surface area contributed by atoms with Gasteiger partial charge >= 0.3 is 12.1 Å². The lowest BCUT2D eigenvalue weighted by Crippen LogP contribution is -2.52. The number of para-hydroxylation sites is 1. The van der Waals surface area contributed by atoms with Gasteiger partial charge in [0.15, 0.2) is 0 Å². The van der Waals surface area contributed by atoms with E-state index in [1.807, 2.05) is 68.4 Å². The highest BCUT2D eigenvalue weighted by Crippen LogP contribution is 2.19. The Bertz CT molecular complexity index is 1090. The van der Waals surface area contributed by atoms with E-state index in [1.165, 1.54) is 0 Å². The fourth-order valence-corrected chi connectivity index (χ4v) is 3.60. The van der Waals surface area contributed by atoms with Gasteiger partial charge in [0, 0.05) is 23.5 Å². The molecule has 0 radical (unpaired) electrons. The average Bonchev–Trinajstić information content (AvgIpc) is 3.20. The number of H-pyrrole nitrogens is 1. The minimum Gasteiger partial charge on any atom is -0.480 e. The van der Waals surface area contributed by atoms with Crippen LogP contribution in [-0.2, 0) is 27.4 Å². The number of aromatic amines is 1. The Morgan fingerprint density at radius 1 is 0.970 bits per heavy atom. The highest BCUT2D eigenvalue weighted by atomic mass is 16.5. The molecule has 2 amide bonds. The number of fused-ring (bicyclic) bond motifs is 1. The number of nitrogens with one attached hydrogen (secondary N) is 3.